The van der Waals surface area contributed by atoms with Gasteiger partial charge in [-0.3, -0.25) is 29.0 Å². The highest BCUT2D eigenvalue weighted by atomic mass is 19.4. The fraction of sp³-hybridized carbons (Fsp3) is 0.640. The second-order valence-electron chi connectivity index (χ2n) is 19.5. The summed E-state index contributed by atoms with van der Waals surface area (Å²) in [5.74, 6) is -0.784. The van der Waals surface area contributed by atoms with E-state index >= 15 is 0 Å². The van der Waals surface area contributed by atoms with Crippen LogP contribution in [0.1, 0.15) is 95.2 Å². The molecule has 0 spiro atoms. The summed E-state index contributed by atoms with van der Waals surface area (Å²) < 4.78 is 57.5. The number of pyridine rings is 1. The molecule has 4 fully saturated rings. The van der Waals surface area contributed by atoms with Gasteiger partial charge < -0.3 is 50.6 Å². The van der Waals surface area contributed by atoms with Crippen LogP contribution in [0.2, 0.25) is 0 Å². The smallest absolute Gasteiger partial charge is 0.379 e. The highest BCUT2D eigenvalue weighted by Gasteiger charge is 2.44. The van der Waals surface area contributed by atoms with Crippen molar-refractivity contribution >= 4 is 46.3 Å². The van der Waals surface area contributed by atoms with Crippen LogP contribution >= 0.6 is 0 Å². The topological polar surface area (TPSA) is 218 Å². The Labute approximate surface area is 412 Å². The molecule has 21 heteroatoms. The molecule has 5 amide bonds. The molecule has 4 aliphatic rings. The summed E-state index contributed by atoms with van der Waals surface area (Å²) in [5, 5.41) is 16.2. The van der Waals surface area contributed by atoms with Crippen molar-refractivity contribution in [3.05, 3.63) is 60.2 Å². The molecule has 2 saturated carbocycles. The lowest BCUT2D eigenvalue weighted by Crippen LogP contribution is -2.59. The molecular weight excluding hydrogens is 926 g/mol. The summed E-state index contributed by atoms with van der Waals surface area (Å²) in [6.07, 6.45) is 5.50. The molecule has 2 aliphatic carbocycles. The molecule has 0 radical (unpaired) electrons. The first-order chi connectivity index (χ1) is 34.2. The lowest BCUT2D eigenvalue weighted by atomic mass is 9.83. The Balaban J connectivity index is 0.770. The second-order valence-corrected chi connectivity index (χ2v) is 19.5. The minimum absolute atomic E-state index is 0.0497. The number of alkyl halides is 3. The number of ether oxygens (including phenoxy) is 3. The lowest BCUT2D eigenvalue weighted by molar-refractivity contribution is -0.137. The van der Waals surface area contributed by atoms with E-state index < -0.39 is 23.7 Å². The zero-order chi connectivity index (χ0) is 50.5. The summed E-state index contributed by atoms with van der Waals surface area (Å²) in [6, 6.07) is 5.42. The van der Waals surface area contributed by atoms with Crippen molar-refractivity contribution in [1.29, 1.82) is 0 Å². The number of amides is 5. The van der Waals surface area contributed by atoms with Crippen molar-refractivity contribution in [2.75, 3.05) is 71.6 Å². The fourth-order valence-electron chi connectivity index (χ4n) is 10.2. The number of rotatable bonds is 23. The average Bonchev–Trinajstić information content (AvgIpc) is 3.87. The van der Waals surface area contributed by atoms with Crippen LogP contribution in [0.25, 0.3) is 10.9 Å². The summed E-state index contributed by atoms with van der Waals surface area (Å²) in [4.78, 5) is 81.9. The Morgan fingerprint density at radius 2 is 1.59 bits per heavy atom. The molecular formula is C50H69F3N10O8. The Morgan fingerprint density at radius 1 is 0.859 bits per heavy atom. The van der Waals surface area contributed by atoms with E-state index in [1.54, 1.807) is 30.4 Å². The maximum Gasteiger partial charge on any atom is 0.416 e. The van der Waals surface area contributed by atoms with E-state index in [1.165, 1.54) is 12.4 Å². The number of likely N-dealkylation sites (tertiary alicyclic amines) is 2. The maximum absolute atomic E-state index is 14.0. The van der Waals surface area contributed by atoms with Gasteiger partial charge in [0.15, 0.2) is 0 Å². The van der Waals surface area contributed by atoms with Crippen LogP contribution in [0.4, 0.5) is 19.0 Å². The van der Waals surface area contributed by atoms with Crippen molar-refractivity contribution in [3.63, 3.8) is 0 Å². The van der Waals surface area contributed by atoms with E-state index in [2.05, 4.69) is 55.4 Å². The van der Waals surface area contributed by atoms with Crippen LogP contribution in [0.15, 0.2) is 49.1 Å². The quantitative estimate of drug-likeness (QED) is 0.0845. The molecule has 1 aromatic carbocycles. The zero-order valence-corrected chi connectivity index (χ0v) is 40.9. The van der Waals surface area contributed by atoms with Crippen LogP contribution in [0.3, 0.4) is 0 Å². The molecule has 18 nitrogen and oxygen atoms in total. The third-order valence-electron chi connectivity index (χ3n) is 14.0. The molecule has 2 aliphatic heterocycles. The number of hydrogen-bond donors (Lipinski definition) is 5. The molecule has 7 rings (SSSR count). The standard InChI is InChI=1S/C50H69F3N10O8/c1-31(2)28-56-36-11-13-42(63-18-14-40(49(63)68)60-46-37-25-34(50(51,52)53)8-12-39(37)57-30-58-46)41(26-36)61-47(66)32-6-9-35(10-7-32)59-43(64)15-19-69-21-23-71-24-22-70-20-17-55-48(67)38-27-44(65)62(3)45(38)33-5-4-16-54-29-33/h4-5,8,12,16,25,29-32,35-36,38,40-42,45,56H,6-7,9-11,13-15,17-24,26-28H2,1-3H3,(H,55,67)(H,59,64)(H,61,66)(H,57,58,60)/t32?,35?,36-,38+,40+,41-,42+,45-/m1/s1. The number of nitrogens with zero attached hydrogens (tertiary/aromatic N) is 5. The van der Waals surface area contributed by atoms with Gasteiger partial charge in [-0.2, -0.15) is 13.2 Å². The van der Waals surface area contributed by atoms with Crippen molar-refractivity contribution in [1.82, 2.24) is 46.0 Å². The van der Waals surface area contributed by atoms with E-state index in [0.717, 1.165) is 30.7 Å². The third-order valence-corrected chi connectivity index (χ3v) is 14.0. The molecule has 388 valence electrons. The van der Waals surface area contributed by atoms with Crippen LogP contribution in [-0.4, -0.2) is 151 Å². The summed E-state index contributed by atoms with van der Waals surface area (Å²) >= 11 is 0. The van der Waals surface area contributed by atoms with Gasteiger partial charge in [0.05, 0.1) is 74.8 Å². The minimum atomic E-state index is -4.55. The predicted molar refractivity (Wildman–Crippen MR) is 256 cm³/mol. The molecule has 5 N–H and O–H groups in total. The number of halogens is 3. The van der Waals surface area contributed by atoms with Gasteiger partial charge in [-0.05, 0) is 93.7 Å². The molecule has 6 atom stereocenters. The monoisotopic (exact) mass is 995 g/mol. The van der Waals surface area contributed by atoms with Gasteiger partial charge in [0.1, 0.15) is 18.2 Å². The van der Waals surface area contributed by atoms with Gasteiger partial charge >= 0.3 is 6.18 Å². The first kappa shape index (κ1) is 53.3. The maximum atomic E-state index is 14.0. The normalized spacial score (nSPS) is 24.9. The Kier molecular flexibility index (Phi) is 18.9. The third kappa shape index (κ3) is 14.6. The van der Waals surface area contributed by atoms with Crippen molar-refractivity contribution < 1.29 is 51.4 Å². The molecule has 3 aromatic rings. The number of nitrogens with one attached hydrogen (secondary N) is 5. The predicted octanol–water partition coefficient (Wildman–Crippen LogP) is 4.16. The molecule has 0 unspecified atom stereocenters. The minimum Gasteiger partial charge on any atom is -0.379 e. The van der Waals surface area contributed by atoms with Crippen LogP contribution in [-0.2, 0) is 44.4 Å². The van der Waals surface area contributed by atoms with Crippen molar-refractivity contribution in [2.45, 2.75) is 120 Å². The van der Waals surface area contributed by atoms with Gasteiger partial charge in [-0.15, -0.1) is 0 Å². The number of aromatic nitrogens is 3. The first-order valence-corrected chi connectivity index (χ1v) is 25.0. The van der Waals surface area contributed by atoms with E-state index in [4.69, 9.17) is 14.2 Å². The average molecular weight is 995 g/mol. The summed E-state index contributed by atoms with van der Waals surface area (Å²) in [5.41, 5.74) is 0.322. The number of anilines is 1. The second kappa shape index (κ2) is 25.2. The van der Waals surface area contributed by atoms with E-state index in [0.29, 0.717) is 103 Å². The number of carbonyl (C=O) groups is 5. The molecule has 0 bridgehead atoms. The Bertz CT molecular complexity index is 2270. The first-order valence-electron chi connectivity index (χ1n) is 25.0. The van der Waals surface area contributed by atoms with Gasteiger partial charge in [0, 0.05) is 68.8 Å². The van der Waals surface area contributed by atoms with Crippen molar-refractivity contribution in [3.8, 4) is 0 Å². The Morgan fingerprint density at radius 3 is 2.31 bits per heavy atom. The van der Waals surface area contributed by atoms with Gasteiger partial charge in [-0.25, -0.2) is 9.97 Å². The largest absolute Gasteiger partial charge is 0.416 e. The number of carbonyl (C=O) groups excluding carboxylic acids is 5. The summed E-state index contributed by atoms with van der Waals surface area (Å²) in [6.45, 7) is 7.67. The molecule has 2 saturated heterocycles. The van der Waals surface area contributed by atoms with Crippen LogP contribution in [0, 0.1) is 17.8 Å². The van der Waals surface area contributed by atoms with Crippen LogP contribution < -0.4 is 26.6 Å². The zero-order valence-electron chi connectivity index (χ0n) is 40.9. The van der Waals surface area contributed by atoms with Crippen molar-refractivity contribution in [2.24, 2.45) is 17.8 Å². The van der Waals surface area contributed by atoms with E-state index in [9.17, 15) is 37.1 Å². The summed E-state index contributed by atoms with van der Waals surface area (Å²) in [7, 11) is 1.70. The van der Waals surface area contributed by atoms with Gasteiger partial charge in [0.25, 0.3) is 0 Å². The van der Waals surface area contributed by atoms with E-state index in [1.807, 2.05) is 11.0 Å². The number of hydrogen-bond acceptors (Lipinski definition) is 13. The number of benzene rings is 1. The van der Waals surface area contributed by atoms with E-state index in [-0.39, 0.29) is 96.3 Å². The van der Waals surface area contributed by atoms with Gasteiger partial charge in [-0.1, -0.05) is 19.9 Å². The molecule has 71 heavy (non-hydrogen) atoms. The molecule has 4 heterocycles. The fourth-order valence-corrected chi connectivity index (χ4v) is 10.2. The highest BCUT2D eigenvalue weighted by molar-refractivity contribution is 5.93. The van der Waals surface area contributed by atoms with Crippen LogP contribution in [0.5, 0.6) is 0 Å². The molecule has 2 aromatic heterocycles. The number of fused-ring (bicyclic) bond motifs is 1. The van der Waals surface area contributed by atoms with Gasteiger partial charge in [0.2, 0.25) is 29.5 Å². The lowest BCUT2D eigenvalue weighted by Gasteiger charge is -2.42. The SMILES string of the molecule is CC(C)CN[C@@H]1CC[C@H](N2CC[C@H](Nc3ncnc4ccc(C(F)(F)F)cc34)C2=O)[C@H](NC(=O)C2CCC(NC(=O)CCOCCOCCOCCNC(=O)[C@H]3CC(=O)N(C)[C@@H]3c3cccnc3)CC2)C1. The highest BCUT2D eigenvalue weighted by Crippen LogP contribution is 2.37. The Hall–Kier alpha value is -5.51.